The number of methoxy groups -OCH3 is 1. The highest BCUT2D eigenvalue weighted by atomic mass is 19.1. The molecule has 3 heterocycles. The molecule has 0 spiro atoms. The fourth-order valence-electron chi connectivity index (χ4n) is 3.82. The lowest BCUT2D eigenvalue weighted by Crippen LogP contribution is -2.30. The van der Waals surface area contributed by atoms with Crippen molar-refractivity contribution in [3.05, 3.63) is 59.2 Å². The number of rotatable bonds is 3. The van der Waals surface area contributed by atoms with Crippen LogP contribution in [-0.4, -0.2) is 38.1 Å². The average Bonchev–Trinajstić information content (AvgIpc) is 3.12. The van der Waals surface area contributed by atoms with Crippen molar-refractivity contribution in [1.82, 2.24) is 24.5 Å². The lowest BCUT2D eigenvalue weighted by atomic mass is 10.00. The predicted octanol–water partition coefficient (Wildman–Crippen LogP) is 2.57. The maximum Gasteiger partial charge on any atom is 0.223 e. The average molecular weight is 378 g/mol. The number of benzene rings is 2. The van der Waals surface area contributed by atoms with Gasteiger partial charge >= 0.3 is 0 Å². The zero-order valence-corrected chi connectivity index (χ0v) is 15.4. The van der Waals surface area contributed by atoms with E-state index in [9.17, 15) is 4.39 Å². The summed E-state index contributed by atoms with van der Waals surface area (Å²) in [6.07, 6.45) is 0.810. The summed E-state index contributed by atoms with van der Waals surface area (Å²) in [5, 5.41) is 5.40. The molecule has 7 nitrogen and oxygen atoms in total. The van der Waals surface area contributed by atoms with Crippen LogP contribution in [0.25, 0.3) is 16.6 Å². The van der Waals surface area contributed by atoms with Crippen LogP contribution in [0.4, 0.5) is 10.3 Å². The fraction of sp³-hybridized carbons (Fsp3) is 0.250. The third kappa shape index (κ3) is 2.73. The molecule has 0 aliphatic carbocycles. The number of fused-ring (bicyclic) bond motifs is 4. The van der Waals surface area contributed by atoms with Crippen LogP contribution >= 0.6 is 0 Å². The molecule has 0 bridgehead atoms. The summed E-state index contributed by atoms with van der Waals surface area (Å²) in [4.78, 5) is 11.4. The zero-order valence-electron chi connectivity index (χ0n) is 15.4. The van der Waals surface area contributed by atoms with Gasteiger partial charge in [-0.1, -0.05) is 12.1 Å². The molecule has 2 aromatic carbocycles. The molecule has 1 aliphatic rings. The Morgan fingerprint density at radius 2 is 2.07 bits per heavy atom. The Kier molecular flexibility index (Phi) is 3.87. The number of aromatic nitrogens is 4. The molecule has 4 aromatic rings. The van der Waals surface area contributed by atoms with E-state index in [1.54, 1.807) is 17.7 Å². The first-order valence-electron chi connectivity index (χ1n) is 9.10. The van der Waals surface area contributed by atoms with Gasteiger partial charge in [0, 0.05) is 18.5 Å². The Labute approximate surface area is 160 Å². The van der Waals surface area contributed by atoms with E-state index in [2.05, 4.69) is 15.0 Å². The summed E-state index contributed by atoms with van der Waals surface area (Å²) in [5.74, 6) is 1.41. The first kappa shape index (κ1) is 16.9. The molecule has 0 saturated heterocycles. The standard InChI is InChI=1S/C20H19FN6O/c1-28-16-4-2-3-15-18(16)24-20(22)27-19(15)23-17(25-27)11-26-8-7-12-9-14(21)6-5-13(12)10-26/h2-6,9H,7-8,10-11H2,1H3,(H2,22,24). The number of anilines is 1. The van der Waals surface area contributed by atoms with Gasteiger partial charge in [0.2, 0.25) is 5.95 Å². The monoisotopic (exact) mass is 378 g/mol. The Morgan fingerprint density at radius 1 is 1.18 bits per heavy atom. The van der Waals surface area contributed by atoms with E-state index in [1.807, 2.05) is 24.3 Å². The summed E-state index contributed by atoms with van der Waals surface area (Å²) in [6.45, 7) is 2.16. The van der Waals surface area contributed by atoms with Crippen molar-refractivity contribution in [3.8, 4) is 5.75 Å². The lowest BCUT2D eigenvalue weighted by Gasteiger charge is -2.27. The number of halogens is 1. The Morgan fingerprint density at radius 3 is 2.93 bits per heavy atom. The molecule has 142 valence electrons. The van der Waals surface area contributed by atoms with Crippen molar-refractivity contribution in [2.45, 2.75) is 19.5 Å². The number of nitrogen functional groups attached to an aromatic ring is 1. The number of nitrogens with zero attached hydrogens (tertiary/aromatic N) is 5. The van der Waals surface area contributed by atoms with Gasteiger partial charge in [0.1, 0.15) is 17.1 Å². The van der Waals surface area contributed by atoms with Crippen LogP contribution in [0.5, 0.6) is 5.75 Å². The van der Waals surface area contributed by atoms with Crippen molar-refractivity contribution in [2.75, 3.05) is 19.4 Å². The second-order valence-electron chi connectivity index (χ2n) is 6.96. The van der Waals surface area contributed by atoms with Crippen molar-refractivity contribution in [2.24, 2.45) is 0 Å². The highest BCUT2D eigenvalue weighted by Gasteiger charge is 2.20. The van der Waals surface area contributed by atoms with Crippen LogP contribution in [0.3, 0.4) is 0 Å². The Bertz CT molecular complexity index is 1200. The summed E-state index contributed by atoms with van der Waals surface area (Å²) >= 11 is 0. The van der Waals surface area contributed by atoms with Crippen LogP contribution in [-0.2, 0) is 19.5 Å². The van der Waals surface area contributed by atoms with Crippen molar-refractivity contribution in [1.29, 1.82) is 0 Å². The number of para-hydroxylation sites is 1. The Balaban J connectivity index is 1.50. The van der Waals surface area contributed by atoms with E-state index in [0.717, 1.165) is 36.0 Å². The SMILES string of the molecule is COc1cccc2c1nc(N)n1nc(CN3CCc4cc(F)ccc4C3)nc21. The van der Waals surface area contributed by atoms with Crippen molar-refractivity contribution < 1.29 is 9.13 Å². The number of nitrogens with two attached hydrogens (primary N) is 1. The van der Waals surface area contributed by atoms with E-state index >= 15 is 0 Å². The van der Waals surface area contributed by atoms with Gasteiger partial charge in [0.25, 0.3) is 0 Å². The molecule has 8 heteroatoms. The first-order valence-corrected chi connectivity index (χ1v) is 9.10. The smallest absolute Gasteiger partial charge is 0.223 e. The Hall–Kier alpha value is -3.26. The maximum absolute atomic E-state index is 13.4. The van der Waals surface area contributed by atoms with Crippen LogP contribution in [0, 0.1) is 5.82 Å². The molecule has 2 aromatic heterocycles. The molecule has 0 atom stereocenters. The van der Waals surface area contributed by atoms with E-state index in [1.165, 1.54) is 6.07 Å². The van der Waals surface area contributed by atoms with Gasteiger partial charge in [-0.15, -0.1) is 5.10 Å². The molecule has 2 N–H and O–H groups in total. The third-order valence-electron chi connectivity index (χ3n) is 5.18. The van der Waals surface area contributed by atoms with E-state index < -0.39 is 0 Å². The largest absolute Gasteiger partial charge is 0.494 e. The molecule has 0 fully saturated rings. The number of ether oxygens (including phenoxy) is 1. The second-order valence-corrected chi connectivity index (χ2v) is 6.96. The zero-order chi connectivity index (χ0) is 19.3. The van der Waals surface area contributed by atoms with E-state index in [4.69, 9.17) is 15.5 Å². The maximum atomic E-state index is 13.4. The minimum absolute atomic E-state index is 0.181. The highest BCUT2D eigenvalue weighted by molar-refractivity contribution is 5.95. The van der Waals surface area contributed by atoms with E-state index in [0.29, 0.717) is 29.3 Å². The summed E-state index contributed by atoms with van der Waals surface area (Å²) in [5.41, 5.74) is 9.67. The van der Waals surface area contributed by atoms with Gasteiger partial charge < -0.3 is 10.5 Å². The molecule has 28 heavy (non-hydrogen) atoms. The van der Waals surface area contributed by atoms with Crippen LogP contribution in [0.15, 0.2) is 36.4 Å². The van der Waals surface area contributed by atoms with Crippen LogP contribution in [0.1, 0.15) is 17.0 Å². The fourth-order valence-corrected chi connectivity index (χ4v) is 3.82. The summed E-state index contributed by atoms with van der Waals surface area (Å²) in [6, 6.07) is 10.7. The van der Waals surface area contributed by atoms with Crippen molar-refractivity contribution in [3.63, 3.8) is 0 Å². The van der Waals surface area contributed by atoms with Gasteiger partial charge in [-0.2, -0.15) is 4.52 Å². The minimum atomic E-state index is -0.181. The molecular formula is C20H19FN6O. The molecule has 0 amide bonds. The highest BCUT2D eigenvalue weighted by Crippen LogP contribution is 2.28. The van der Waals surface area contributed by atoms with Gasteiger partial charge in [0.05, 0.1) is 13.7 Å². The number of hydrogen-bond acceptors (Lipinski definition) is 6. The quantitative estimate of drug-likeness (QED) is 0.590. The summed E-state index contributed by atoms with van der Waals surface area (Å²) in [7, 11) is 1.60. The van der Waals surface area contributed by atoms with Gasteiger partial charge in [-0.05, 0) is 41.8 Å². The van der Waals surface area contributed by atoms with Crippen LogP contribution < -0.4 is 10.5 Å². The van der Waals surface area contributed by atoms with E-state index in [-0.39, 0.29) is 11.8 Å². The molecule has 0 saturated carbocycles. The third-order valence-corrected chi connectivity index (χ3v) is 5.18. The topological polar surface area (TPSA) is 81.6 Å². The normalized spacial score (nSPS) is 14.5. The van der Waals surface area contributed by atoms with Crippen molar-refractivity contribution >= 4 is 22.5 Å². The number of hydrogen-bond donors (Lipinski definition) is 1. The molecular weight excluding hydrogens is 359 g/mol. The minimum Gasteiger partial charge on any atom is -0.494 e. The van der Waals surface area contributed by atoms with Gasteiger partial charge in [0.15, 0.2) is 11.5 Å². The summed E-state index contributed by atoms with van der Waals surface area (Å²) < 4.78 is 20.4. The lowest BCUT2D eigenvalue weighted by molar-refractivity contribution is 0.239. The molecule has 5 rings (SSSR count). The molecule has 1 aliphatic heterocycles. The van der Waals surface area contributed by atoms with Gasteiger partial charge in [-0.25, -0.2) is 14.4 Å². The van der Waals surface area contributed by atoms with Gasteiger partial charge in [-0.3, -0.25) is 4.90 Å². The first-order chi connectivity index (χ1) is 13.6. The molecule has 0 radical (unpaired) electrons. The second kappa shape index (κ2) is 6.42. The molecule has 0 unspecified atom stereocenters. The predicted molar refractivity (Wildman–Crippen MR) is 103 cm³/mol. The van der Waals surface area contributed by atoms with Crippen LogP contribution in [0.2, 0.25) is 0 Å².